The monoisotopic (exact) mass is 291 g/mol. The number of hydrogen-bond donors (Lipinski definition) is 1. The lowest BCUT2D eigenvalue weighted by Gasteiger charge is -2.10. The van der Waals surface area contributed by atoms with Crippen LogP contribution in [0.4, 0.5) is 5.69 Å². The van der Waals surface area contributed by atoms with Gasteiger partial charge in [0.25, 0.3) is 0 Å². The number of carbonyl (C=O) groups is 1. The maximum Gasteiger partial charge on any atom is 0.163 e. The van der Waals surface area contributed by atoms with E-state index >= 15 is 0 Å². The predicted octanol–water partition coefficient (Wildman–Crippen LogP) is 4.99. The molecule has 0 aliphatic carbocycles. The number of carbonyl (C=O) groups excluding carboxylic acids is 1. The Kier molecular flexibility index (Phi) is 8.56. The fourth-order valence-corrected chi connectivity index (χ4v) is 2.37. The molecule has 0 aromatic heterocycles. The van der Waals surface area contributed by atoms with Gasteiger partial charge in [-0.2, -0.15) is 0 Å². The molecule has 0 atom stereocenters. The van der Waals surface area contributed by atoms with E-state index in [1.54, 1.807) is 18.2 Å². The zero-order valence-corrected chi connectivity index (χ0v) is 13.5. The van der Waals surface area contributed by atoms with Crippen molar-refractivity contribution in [3.05, 3.63) is 23.8 Å². The SMILES string of the molecule is CCCCCCCCCCOc1ccc(N)cc1C(C)=O. The fraction of sp³-hybridized carbons (Fsp3) is 0.611. The van der Waals surface area contributed by atoms with Crippen LogP contribution in [-0.4, -0.2) is 12.4 Å². The van der Waals surface area contributed by atoms with Gasteiger partial charge in [0.15, 0.2) is 5.78 Å². The number of ketones is 1. The molecule has 0 spiro atoms. The van der Waals surface area contributed by atoms with E-state index in [0.717, 1.165) is 6.42 Å². The number of nitrogen functional groups attached to an aromatic ring is 1. The standard InChI is InChI=1S/C18H29NO2/c1-3-4-5-6-7-8-9-10-13-21-18-12-11-16(19)14-17(18)15(2)20/h11-12,14H,3-10,13,19H2,1-2H3. The average molecular weight is 291 g/mol. The minimum Gasteiger partial charge on any atom is -0.493 e. The van der Waals surface area contributed by atoms with Gasteiger partial charge in [-0.05, 0) is 31.5 Å². The summed E-state index contributed by atoms with van der Waals surface area (Å²) in [5, 5.41) is 0. The summed E-state index contributed by atoms with van der Waals surface area (Å²) in [7, 11) is 0. The van der Waals surface area contributed by atoms with Crippen LogP contribution in [0, 0.1) is 0 Å². The largest absolute Gasteiger partial charge is 0.493 e. The zero-order valence-electron chi connectivity index (χ0n) is 13.5. The number of anilines is 1. The second-order valence-corrected chi connectivity index (χ2v) is 5.64. The highest BCUT2D eigenvalue weighted by atomic mass is 16.5. The molecule has 1 aromatic carbocycles. The van der Waals surface area contributed by atoms with Gasteiger partial charge in [-0.3, -0.25) is 4.79 Å². The van der Waals surface area contributed by atoms with E-state index in [2.05, 4.69) is 6.92 Å². The van der Waals surface area contributed by atoms with E-state index in [9.17, 15) is 4.79 Å². The average Bonchev–Trinajstić information content (AvgIpc) is 2.46. The van der Waals surface area contributed by atoms with Crippen molar-refractivity contribution < 1.29 is 9.53 Å². The third-order valence-electron chi connectivity index (χ3n) is 3.64. The summed E-state index contributed by atoms with van der Waals surface area (Å²) in [4.78, 5) is 11.5. The summed E-state index contributed by atoms with van der Waals surface area (Å²) in [5.74, 6) is 0.646. The number of hydrogen-bond acceptors (Lipinski definition) is 3. The molecule has 0 aliphatic rings. The Hall–Kier alpha value is -1.51. The van der Waals surface area contributed by atoms with Gasteiger partial charge in [-0.25, -0.2) is 0 Å². The summed E-state index contributed by atoms with van der Waals surface area (Å²) in [6.45, 7) is 4.45. The van der Waals surface area contributed by atoms with Crippen molar-refractivity contribution in [2.24, 2.45) is 0 Å². The van der Waals surface area contributed by atoms with E-state index in [0.29, 0.717) is 23.6 Å². The number of rotatable bonds is 11. The lowest BCUT2D eigenvalue weighted by Crippen LogP contribution is -2.04. The van der Waals surface area contributed by atoms with E-state index in [1.165, 1.54) is 51.9 Å². The first kappa shape index (κ1) is 17.5. The van der Waals surface area contributed by atoms with Crippen LogP contribution in [0.25, 0.3) is 0 Å². The molecule has 0 bridgehead atoms. The molecule has 118 valence electrons. The van der Waals surface area contributed by atoms with Gasteiger partial charge < -0.3 is 10.5 Å². The van der Waals surface area contributed by atoms with E-state index in [-0.39, 0.29) is 5.78 Å². The van der Waals surface area contributed by atoms with Crippen LogP contribution in [0.3, 0.4) is 0 Å². The maximum absolute atomic E-state index is 11.5. The molecule has 3 nitrogen and oxygen atoms in total. The van der Waals surface area contributed by atoms with Crippen LogP contribution in [-0.2, 0) is 0 Å². The van der Waals surface area contributed by atoms with Gasteiger partial charge >= 0.3 is 0 Å². The van der Waals surface area contributed by atoms with Crippen molar-refractivity contribution in [2.75, 3.05) is 12.3 Å². The summed E-state index contributed by atoms with van der Waals surface area (Å²) >= 11 is 0. The molecule has 0 heterocycles. The van der Waals surface area contributed by atoms with Gasteiger partial charge in [-0.1, -0.05) is 51.9 Å². The number of ether oxygens (including phenoxy) is 1. The summed E-state index contributed by atoms with van der Waals surface area (Å²) < 4.78 is 5.72. The van der Waals surface area contributed by atoms with Crippen molar-refractivity contribution in [1.82, 2.24) is 0 Å². The number of unbranched alkanes of at least 4 members (excludes halogenated alkanes) is 7. The second-order valence-electron chi connectivity index (χ2n) is 5.64. The van der Waals surface area contributed by atoms with Crippen molar-refractivity contribution in [3.8, 4) is 5.75 Å². The number of Topliss-reactive ketones (excluding diaryl/α,β-unsaturated/α-hetero) is 1. The number of benzene rings is 1. The van der Waals surface area contributed by atoms with Crippen LogP contribution < -0.4 is 10.5 Å². The van der Waals surface area contributed by atoms with Crippen LogP contribution >= 0.6 is 0 Å². The summed E-state index contributed by atoms with van der Waals surface area (Å²) in [6.07, 6.45) is 10.2. The Morgan fingerprint density at radius 3 is 2.29 bits per heavy atom. The molecular weight excluding hydrogens is 262 g/mol. The Balaban J connectivity index is 2.20. The quantitative estimate of drug-likeness (QED) is 0.355. The third-order valence-corrected chi connectivity index (χ3v) is 3.64. The van der Waals surface area contributed by atoms with E-state index < -0.39 is 0 Å². The minimum absolute atomic E-state index is 0.00627. The second kappa shape index (κ2) is 10.3. The molecule has 1 rings (SSSR count). The van der Waals surface area contributed by atoms with Gasteiger partial charge in [0, 0.05) is 5.69 Å². The highest BCUT2D eigenvalue weighted by molar-refractivity contribution is 5.97. The van der Waals surface area contributed by atoms with Crippen LogP contribution in [0.5, 0.6) is 5.75 Å². The molecule has 0 amide bonds. The van der Waals surface area contributed by atoms with Gasteiger partial charge in [-0.15, -0.1) is 0 Å². The molecule has 0 aliphatic heterocycles. The zero-order chi connectivity index (χ0) is 15.5. The van der Waals surface area contributed by atoms with E-state index in [4.69, 9.17) is 10.5 Å². The molecule has 0 radical (unpaired) electrons. The first-order valence-electron chi connectivity index (χ1n) is 8.18. The molecule has 1 aromatic rings. The molecule has 21 heavy (non-hydrogen) atoms. The molecule has 0 saturated carbocycles. The molecule has 0 saturated heterocycles. The Bertz CT molecular complexity index is 429. The van der Waals surface area contributed by atoms with Crippen LogP contribution in [0.2, 0.25) is 0 Å². The maximum atomic E-state index is 11.5. The summed E-state index contributed by atoms with van der Waals surface area (Å²) in [5.41, 5.74) is 6.88. The molecule has 0 unspecified atom stereocenters. The Morgan fingerprint density at radius 2 is 1.67 bits per heavy atom. The normalized spacial score (nSPS) is 10.6. The molecule has 2 N–H and O–H groups in total. The highest BCUT2D eigenvalue weighted by Gasteiger charge is 2.08. The van der Waals surface area contributed by atoms with Crippen LogP contribution in [0.1, 0.15) is 75.6 Å². The fourth-order valence-electron chi connectivity index (χ4n) is 2.37. The highest BCUT2D eigenvalue weighted by Crippen LogP contribution is 2.22. The first-order valence-corrected chi connectivity index (χ1v) is 8.18. The number of nitrogens with two attached hydrogens (primary N) is 1. The topological polar surface area (TPSA) is 52.3 Å². The smallest absolute Gasteiger partial charge is 0.163 e. The van der Waals surface area contributed by atoms with Gasteiger partial charge in [0.1, 0.15) is 5.75 Å². The lowest BCUT2D eigenvalue weighted by molar-refractivity contribution is 0.101. The molecular formula is C18H29NO2. The Labute approximate surface area is 128 Å². The molecule has 0 fully saturated rings. The van der Waals surface area contributed by atoms with E-state index in [1.807, 2.05) is 0 Å². The summed E-state index contributed by atoms with van der Waals surface area (Å²) in [6, 6.07) is 5.25. The minimum atomic E-state index is -0.00627. The predicted molar refractivity (Wildman–Crippen MR) is 89.0 cm³/mol. The molecule has 3 heteroatoms. The van der Waals surface area contributed by atoms with Gasteiger partial charge in [0.05, 0.1) is 12.2 Å². The Morgan fingerprint density at radius 1 is 1.05 bits per heavy atom. The van der Waals surface area contributed by atoms with Crippen LogP contribution in [0.15, 0.2) is 18.2 Å². The van der Waals surface area contributed by atoms with Crippen molar-refractivity contribution in [3.63, 3.8) is 0 Å². The van der Waals surface area contributed by atoms with Gasteiger partial charge in [0.2, 0.25) is 0 Å². The third kappa shape index (κ3) is 7.16. The lowest BCUT2D eigenvalue weighted by atomic mass is 10.1. The first-order chi connectivity index (χ1) is 10.1. The van der Waals surface area contributed by atoms with Crippen molar-refractivity contribution in [2.45, 2.75) is 65.2 Å². The van der Waals surface area contributed by atoms with Crippen molar-refractivity contribution >= 4 is 11.5 Å². The van der Waals surface area contributed by atoms with Crippen molar-refractivity contribution in [1.29, 1.82) is 0 Å².